The highest BCUT2D eigenvalue weighted by Gasteiger charge is 2.25. The molecule has 25 heavy (non-hydrogen) atoms. The first kappa shape index (κ1) is 22.3. The number of rotatable bonds is 7. The Morgan fingerprint density at radius 1 is 1.36 bits per heavy atom. The van der Waals surface area contributed by atoms with E-state index in [1.807, 2.05) is 24.8 Å². The van der Waals surface area contributed by atoms with Crippen molar-refractivity contribution in [3.63, 3.8) is 0 Å². The van der Waals surface area contributed by atoms with E-state index in [1.165, 1.54) is 31.1 Å². The van der Waals surface area contributed by atoms with E-state index in [0.717, 1.165) is 16.8 Å². The van der Waals surface area contributed by atoms with Crippen LogP contribution in [0.5, 0.6) is 5.75 Å². The van der Waals surface area contributed by atoms with Gasteiger partial charge in [0.15, 0.2) is 17.5 Å². The van der Waals surface area contributed by atoms with Gasteiger partial charge in [0.1, 0.15) is 0 Å². The minimum atomic E-state index is -0.325. The first-order valence-corrected chi connectivity index (χ1v) is 9.71. The molecule has 1 aromatic rings. The van der Waals surface area contributed by atoms with Gasteiger partial charge in [0.2, 0.25) is 0 Å². The van der Waals surface area contributed by atoms with Gasteiger partial charge in [-0.1, -0.05) is 13.0 Å². The Labute approximate surface area is 171 Å². The van der Waals surface area contributed by atoms with Crippen molar-refractivity contribution in [1.82, 2.24) is 10.6 Å². The fraction of sp³-hybridized carbons (Fsp3) is 0.611. The summed E-state index contributed by atoms with van der Waals surface area (Å²) in [5, 5.41) is 7.50. The van der Waals surface area contributed by atoms with E-state index in [9.17, 15) is 4.39 Å². The number of hydrogen-bond donors (Lipinski definition) is 2. The summed E-state index contributed by atoms with van der Waals surface area (Å²) in [5.41, 5.74) is 0.866. The standard InChI is InChI=1S/C18H28FN3OS.HI/c1-4-23-17-9-6-13(10-16(17)19)12-21-18(20-3)22-14-7-8-15(11-14)24-5-2;/h6,9-10,14-15H,4-5,7-8,11-12H2,1-3H3,(H2,20,21,22);1H. The van der Waals surface area contributed by atoms with Crippen molar-refractivity contribution in [3.05, 3.63) is 29.6 Å². The van der Waals surface area contributed by atoms with E-state index >= 15 is 0 Å². The van der Waals surface area contributed by atoms with Gasteiger partial charge in [0, 0.05) is 24.9 Å². The molecule has 2 unspecified atom stereocenters. The summed E-state index contributed by atoms with van der Waals surface area (Å²) in [4.78, 5) is 4.28. The highest BCUT2D eigenvalue weighted by molar-refractivity contribution is 14.0. The smallest absolute Gasteiger partial charge is 0.191 e. The quantitative estimate of drug-likeness (QED) is 0.349. The Bertz CT molecular complexity index is 559. The summed E-state index contributed by atoms with van der Waals surface area (Å²) in [5.74, 6) is 1.92. The van der Waals surface area contributed by atoms with Crippen molar-refractivity contribution in [1.29, 1.82) is 0 Å². The molecule has 2 rings (SSSR count). The zero-order valence-corrected chi connectivity index (χ0v) is 18.3. The van der Waals surface area contributed by atoms with Crippen molar-refractivity contribution in [2.24, 2.45) is 4.99 Å². The molecule has 1 fully saturated rings. The van der Waals surface area contributed by atoms with Gasteiger partial charge in [-0.25, -0.2) is 4.39 Å². The minimum absolute atomic E-state index is 0. The molecule has 2 atom stereocenters. The van der Waals surface area contributed by atoms with Crippen LogP contribution in [0.25, 0.3) is 0 Å². The summed E-state index contributed by atoms with van der Waals surface area (Å²) < 4.78 is 19.1. The number of ether oxygens (including phenoxy) is 1. The molecular weight excluding hydrogens is 452 g/mol. The van der Waals surface area contributed by atoms with Gasteiger partial charge < -0.3 is 15.4 Å². The lowest BCUT2D eigenvalue weighted by atomic mass is 10.2. The van der Waals surface area contributed by atoms with Gasteiger partial charge in [-0.2, -0.15) is 11.8 Å². The van der Waals surface area contributed by atoms with Crippen LogP contribution in [0, 0.1) is 5.82 Å². The van der Waals surface area contributed by atoms with Crippen LogP contribution in [0.15, 0.2) is 23.2 Å². The molecule has 0 spiro atoms. The number of halogens is 2. The fourth-order valence-electron chi connectivity index (χ4n) is 2.96. The van der Waals surface area contributed by atoms with Crippen LogP contribution >= 0.6 is 35.7 Å². The van der Waals surface area contributed by atoms with Crippen LogP contribution in [-0.4, -0.2) is 36.7 Å². The second-order valence-corrected chi connectivity index (χ2v) is 7.43. The zero-order valence-electron chi connectivity index (χ0n) is 15.2. The molecule has 142 valence electrons. The molecular formula is C18H29FIN3OS. The summed E-state index contributed by atoms with van der Waals surface area (Å²) >= 11 is 2.04. The molecule has 0 bridgehead atoms. The lowest BCUT2D eigenvalue weighted by molar-refractivity contribution is 0.321. The Hall–Kier alpha value is -0.700. The van der Waals surface area contributed by atoms with Crippen LogP contribution in [0.2, 0.25) is 0 Å². The van der Waals surface area contributed by atoms with E-state index in [1.54, 1.807) is 13.1 Å². The number of guanidine groups is 1. The van der Waals surface area contributed by atoms with Gasteiger partial charge in [-0.3, -0.25) is 4.99 Å². The molecule has 1 aliphatic carbocycles. The number of nitrogens with zero attached hydrogens (tertiary/aromatic N) is 1. The fourth-order valence-corrected chi connectivity index (χ4v) is 4.10. The third kappa shape index (κ3) is 7.21. The number of aliphatic imine (C=N–C) groups is 1. The maximum atomic E-state index is 13.9. The summed E-state index contributed by atoms with van der Waals surface area (Å²) in [6.45, 7) is 5.05. The Balaban J connectivity index is 0.00000312. The molecule has 0 aliphatic heterocycles. The lowest BCUT2D eigenvalue weighted by Gasteiger charge is -2.17. The van der Waals surface area contributed by atoms with Crippen molar-refractivity contribution in [2.75, 3.05) is 19.4 Å². The largest absolute Gasteiger partial charge is 0.491 e. The molecule has 0 aromatic heterocycles. The van der Waals surface area contributed by atoms with Gasteiger partial charge in [-0.05, 0) is 49.6 Å². The van der Waals surface area contributed by atoms with Crippen molar-refractivity contribution in [2.45, 2.75) is 50.9 Å². The van der Waals surface area contributed by atoms with Gasteiger partial charge in [0.25, 0.3) is 0 Å². The third-order valence-electron chi connectivity index (χ3n) is 4.11. The van der Waals surface area contributed by atoms with E-state index in [0.29, 0.717) is 24.9 Å². The van der Waals surface area contributed by atoms with E-state index in [2.05, 4.69) is 22.5 Å². The van der Waals surface area contributed by atoms with E-state index in [-0.39, 0.29) is 29.8 Å². The number of nitrogens with one attached hydrogen (secondary N) is 2. The predicted molar refractivity (Wildman–Crippen MR) is 116 cm³/mol. The first-order valence-electron chi connectivity index (χ1n) is 8.66. The molecule has 7 heteroatoms. The van der Waals surface area contributed by atoms with Crippen molar-refractivity contribution in [3.8, 4) is 5.75 Å². The molecule has 0 radical (unpaired) electrons. The number of benzene rings is 1. The van der Waals surface area contributed by atoms with Crippen molar-refractivity contribution >= 4 is 41.7 Å². The van der Waals surface area contributed by atoms with Gasteiger partial charge in [-0.15, -0.1) is 24.0 Å². The molecule has 4 nitrogen and oxygen atoms in total. The van der Waals surface area contributed by atoms with Gasteiger partial charge in [0.05, 0.1) is 6.61 Å². The highest BCUT2D eigenvalue weighted by Crippen LogP contribution is 2.29. The van der Waals surface area contributed by atoms with Gasteiger partial charge >= 0.3 is 0 Å². The van der Waals surface area contributed by atoms with Crippen LogP contribution in [0.3, 0.4) is 0 Å². The minimum Gasteiger partial charge on any atom is -0.491 e. The molecule has 1 aromatic carbocycles. The topological polar surface area (TPSA) is 45.6 Å². The average Bonchev–Trinajstić information content (AvgIpc) is 3.01. The number of hydrogen-bond acceptors (Lipinski definition) is 3. The predicted octanol–water partition coefficient (Wildman–Crippen LogP) is 4.18. The third-order valence-corrected chi connectivity index (χ3v) is 5.34. The average molecular weight is 481 g/mol. The molecule has 0 amide bonds. The Morgan fingerprint density at radius 2 is 2.16 bits per heavy atom. The van der Waals surface area contributed by atoms with Crippen LogP contribution in [-0.2, 0) is 6.54 Å². The van der Waals surface area contributed by atoms with Crippen LogP contribution in [0.4, 0.5) is 4.39 Å². The Kier molecular flexibility index (Phi) is 10.6. The summed E-state index contributed by atoms with van der Waals surface area (Å²) in [7, 11) is 1.77. The Morgan fingerprint density at radius 3 is 2.80 bits per heavy atom. The lowest BCUT2D eigenvalue weighted by Crippen LogP contribution is -2.42. The van der Waals surface area contributed by atoms with Crippen molar-refractivity contribution < 1.29 is 9.13 Å². The highest BCUT2D eigenvalue weighted by atomic mass is 127. The normalized spacial score (nSPS) is 20.1. The summed E-state index contributed by atoms with van der Waals surface area (Å²) in [6, 6.07) is 5.53. The molecule has 0 heterocycles. The van der Waals surface area contributed by atoms with E-state index < -0.39 is 0 Å². The molecule has 0 saturated heterocycles. The second-order valence-electron chi connectivity index (χ2n) is 5.86. The maximum Gasteiger partial charge on any atom is 0.191 e. The number of thioether (sulfide) groups is 1. The zero-order chi connectivity index (χ0) is 17.4. The monoisotopic (exact) mass is 481 g/mol. The molecule has 1 saturated carbocycles. The van der Waals surface area contributed by atoms with E-state index in [4.69, 9.17) is 4.74 Å². The first-order chi connectivity index (χ1) is 11.7. The van der Waals surface area contributed by atoms with Crippen LogP contribution < -0.4 is 15.4 Å². The second kappa shape index (κ2) is 11.8. The SMILES string of the molecule is CCOc1ccc(CNC(=NC)NC2CCC(SCC)C2)cc1F.I. The maximum absolute atomic E-state index is 13.9. The van der Waals surface area contributed by atoms with Crippen LogP contribution in [0.1, 0.15) is 38.7 Å². The molecule has 2 N–H and O–H groups in total. The summed E-state index contributed by atoms with van der Waals surface area (Å²) in [6.07, 6.45) is 3.62. The molecule has 1 aliphatic rings.